The normalized spacial score (nSPS) is 37.2. The van der Waals surface area contributed by atoms with Crippen molar-refractivity contribution in [2.24, 2.45) is 41.4 Å². The molecule has 4 saturated carbocycles. The predicted molar refractivity (Wildman–Crippen MR) is 115 cm³/mol. The highest BCUT2D eigenvalue weighted by molar-refractivity contribution is 7.85. The lowest BCUT2D eigenvalue weighted by molar-refractivity contribution is -0.0768. The van der Waals surface area contributed by atoms with Gasteiger partial charge in [0.25, 0.3) is 10.1 Å². The molecule has 4 aliphatic carbocycles. The van der Waals surface area contributed by atoms with Gasteiger partial charge in [-0.25, -0.2) is 9.18 Å². The first kappa shape index (κ1) is 22.1. The molecular formula is C24H31FO6S. The van der Waals surface area contributed by atoms with Crippen LogP contribution in [0.1, 0.15) is 56.3 Å². The average Bonchev–Trinajstić information content (AvgIpc) is 3.47. The monoisotopic (exact) mass is 466 g/mol. The Morgan fingerprint density at radius 2 is 1.91 bits per heavy atom. The Labute approximate surface area is 188 Å². The second kappa shape index (κ2) is 7.69. The maximum Gasteiger partial charge on any atom is 0.338 e. The maximum atomic E-state index is 14.8. The van der Waals surface area contributed by atoms with Crippen LogP contribution in [-0.2, 0) is 14.9 Å². The summed E-state index contributed by atoms with van der Waals surface area (Å²) in [7, 11) is -4.23. The number of esters is 1. The Balaban J connectivity index is 1.37. The minimum atomic E-state index is -4.23. The smallest absolute Gasteiger partial charge is 0.338 e. The van der Waals surface area contributed by atoms with E-state index in [4.69, 9.17) is 14.0 Å². The molecule has 8 heteroatoms. The van der Waals surface area contributed by atoms with Gasteiger partial charge < -0.3 is 9.47 Å². The topological polar surface area (TPSA) is 89.9 Å². The average molecular weight is 467 g/mol. The van der Waals surface area contributed by atoms with Crippen molar-refractivity contribution in [2.45, 2.75) is 51.6 Å². The number of fused-ring (bicyclic) bond motifs is 9. The highest BCUT2D eigenvalue weighted by Gasteiger charge is 2.68. The van der Waals surface area contributed by atoms with Crippen LogP contribution in [0, 0.1) is 47.2 Å². The molecule has 7 unspecified atom stereocenters. The molecule has 0 aromatic heterocycles. The van der Waals surface area contributed by atoms with Crippen LogP contribution in [0.3, 0.4) is 0 Å². The van der Waals surface area contributed by atoms with Crippen molar-refractivity contribution in [1.29, 1.82) is 0 Å². The first-order valence-electron chi connectivity index (χ1n) is 11.7. The molecule has 1 aromatic carbocycles. The van der Waals surface area contributed by atoms with Gasteiger partial charge in [0.15, 0.2) is 11.6 Å². The van der Waals surface area contributed by atoms with Crippen LogP contribution >= 0.6 is 0 Å². The number of hydrogen-bond acceptors (Lipinski definition) is 5. The second-order valence-corrected chi connectivity index (χ2v) is 12.1. The van der Waals surface area contributed by atoms with Gasteiger partial charge in [-0.3, -0.25) is 4.55 Å². The third kappa shape index (κ3) is 3.54. The van der Waals surface area contributed by atoms with Crippen molar-refractivity contribution in [3.63, 3.8) is 0 Å². The zero-order valence-corrected chi connectivity index (χ0v) is 19.3. The molecule has 5 rings (SSSR count). The lowest BCUT2D eigenvalue weighted by atomic mass is 9.63. The van der Waals surface area contributed by atoms with Crippen molar-refractivity contribution in [3.05, 3.63) is 29.6 Å². The summed E-state index contributed by atoms with van der Waals surface area (Å²) in [6.45, 7) is 3.82. The molecule has 4 fully saturated rings. The second-order valence-electron chi connectivity index (χ2n) is 10.6. The van der Waals surface area contributed by atoms with Crippen molar-refractivity contribution in [2.75, 3.05) is 12.4 Å². The van der Waals surface area contributed by atoms with E-state index in [0.29, 0.717) is 17.8 Å². The molecule has 7 atom stereocenters. The fourth-order valence-electron chi connectivity index (χ4n) is 7.76. The molecule has 0 saturated heterocycles. The molecule has 0 amide bonds. The van der Waals surface area contributed by atoms with E-state index < -0.39 is 39.9 Å². The highest BCUT2D eigenvalue weighted by atomic mass is 32.2. The number of benzene rings is 1. The van der Waals surface area contributed by atoms with E-state index in [9.17, 15) is 17.6 Å². The Hall–Kier alpha value is -1.67. The summed E-state index contributed by atoms with van der Waals surface area (Å²) in [5.41, 5.74) is -0.346. The molecule has 176 valence electrons. The number of halogens is 1. The van der Waals surface area contributed by atoms with Crippen LogP contribution in [0.25, 0.3) is 0 Å². The minimum absolute atomic E-state index is 0.0511. The third-order valence-corrected chi connectivity index (χ3v) is 9.52. The standard InChI is InChI=1S/C24H31FO6S/c1-13(2)24(12-17-10-18(24)22-15-4-3-14(9-15)21(17)22)31-20-11-16(5-6-19(20)25)23(26)30-7-8-32(27,28)29/h5-6,11,13-15,17-18,21-22H,3-4,7-10,12H2,1-2H3,(H,27,28,29). The molecule has 0 aliphatic heterocycles. The van der Waals surface area contributed by atoms with E-state index in [-0.39, 0.29) is 17.2 Å². The first-order chi connectivity index (χ1) is 15.1. The van der Waals surface area contributed by atoms with Crippen molar-refractivity contribution < 1.29 is 31.6 Å². The number of carbonyl (C=O) groups excluding carboxylic acids is 1. The van der Waals surface area contributed by atoms with Crippen LogP contribution in [0.5, 0.6) is 5.75 Å². The zero-order chi connectivity index (χ0) is 22.8. The van der Waals surface area contributed by atoms with E-state index in [2.05, 4.69) is 13.8 Å². The van der Waals surface area contributed by atoms with E-state index in [0.717, 1.165) is 30.6 Å². The zero-order valence-electron chi connectivity index (χ0n) is 18.5. The Kier molecular flexibility index (Phi) is 5.32. The number of hydrogen-bond donors (Lipinski definition) is 1. The molecule has 1 aromatic rings. The van der Waals surface area contributed by atoms with Gasteiger partial charge in [-0.15, -0.1) is 0 Å². The molecule has 4 aliphatic rings. The summed E-state index contributed by atoms with van der Waals surface area (Å²) in [6, 6.07) is 3.85. The van der Waals surface area contributed by atoms with Gasteiger partial charge in [0, 0.05) is 5.92 Å². The summed E-state index contributed by atoms with van der Waals surface area (Å²) in [5.74, 6) is 2.45. The predicted octanol–water partition coefficient (Wildman–Crippen LogP) is 4.35. The van der Waals surface area contributed by atoms with Crippen LogP contribution in [0.4, 0.5) is 4.39 Å². The summed E-state index contributed by atoms with van der Waals surface area (Å²) in [4.78, 5) is 12.3. The van der Waals surface area contributed by atoms with Gasteiger partial charge in [0.05, 0.1) is 5.56 Å². The number of ether oxygens (including phenoxy) is 2. The van der Waals surface area contributed by atoms with E-state index in [1.807, 2.05) is 0 Å². The molecular weight excluding hydrogens is 435 g/mol. The minimum Gasteiger partial charge on any atom is -0.484 e. The highest BCUT2D eigenvalue weighted by Crippen LogP contribution is 2.71. The molecule has 1 N–H and O–H groups in total. The third-order valence-electron chi connectivity index (χ3n) is 8.84. The fraction of sp³-hybridized carbons (Fsp3) is 0.708. The van der Waals surface area contributed by atoms with Crippen molar-refractivity contribution in [1.82, 2.24) is 0 Å². The Morgan fingerprint density at radius 3 is 2.59 bits per heavy atom. The van der Waals surface area contributed by atoms with Gasteiger partial charge >= 0.3 is 5.97 Å². The molecule has 0 spiro atoms. The molecule has 0 radical (unpaired) electrons. The summed E-state index contributed by atoms with van der Waals surface area (Å²) in [6.07, 6.45) is 6.10. The van der Waals surface area contributed by atoms with Crippen LogP contribution < -0.4 is 4.74 Å². The lowest BCUT2D eigenvalue weighted by Gasteiger charge is -2.48. The largest absolute Gasteiger partial charge is 0.484 e. The summed E-state index contributed by atoms with van der Waals surface area (Å²) < 4.78 is 56.7. The van der Waals surface area contributed by atoms with Gasteiger partial charge in [0.2, 0.25) is 0 Å². The van der Waals surface area contributed by atoms with Crippen molar-refractivity contribution in [3.8, 4) is 5.75 Å². The van der Waals surface area contributed by atoms with Crippen molar-refractivity contribution >= 4 is 16.1 Å². The van der Waals surface area contributed by atoms with Crippen LogP contribution in [0.2, 0.25) is 0 Å². The first-order valence-corrected chi connectivity index (χ1v) is 13.3. The number of carbonyl (C=O) groups is 1. The van der Waals surface area contributed by atoms with E-state index in [1.165, 1.54) is 37.5 Å². The quantitative estimate of drug-likeness (QED) is 0.365. The molecule has 4 bridgehead atoms. The Bertz CT molecular complexity index is 1020. The SMILES string of the molecule is CC(C)C1(Oc2cc(C(=O)OCCS(=O)(=O)O)ccc2F)CC2CC1C1C3CCC(C3)C21. The number of rotatable bonds is 7. The maximum absolute atomic E-state index is 14.8. The molecule has 32 heavy (non-hydrogen) atoms. The van der Waals surface area contributed by atoms with Crippen LogP contribution in [-0.4, -0.2) is 36.9 Å². The fourth-order valence-corrected chi connectivity index (χ4v) is 8.05. The van der Waals surface area contributed by atoms with Crippen LogP contribution in [0.15, 0.2) is 18.2 Å². The molecule has 6 nitrogen and oxygen atoms in total. The van der Waals surface area contributed by atoms with E-state index in [1.54, 1.807) is 0 Å². The van der Waals surface area contributed by atoms with Gasteiger partial charge in [-0.1, -0.05) is 13.8 Å². The van der Waals surface area contributed by atoms with Gasteiger partial charge in [0.1, 0.15) is 18.0 Å². The Morgan fingerprint density at radius 1 is 1.19 bits per heavy atom. The van der Waals surface area contributed by atoms with Gasteiger partial charge in [-0.2, -0.15) is 8.42 Å². The van der Waals surface area contributed by atoms with E-state index >= 15 is 0 Å². The lowest BCUT2D eigenvalue weighted by Crippen LogP contribution is -2.52. The summed E-state index contributed by atoms with van der Waals surface area (Å²) in [5, 5.41) is 0. The van der Waals surface area contributed by atoms with Gasteiger partial charge in [-0.05, 0) is 85.8 Å². The summed E-state index contributed by atoms with van der Waals surface area (Å²) >= 11 is 0. The molecule has 0 heterocycles.